The van der Waals surface area contributed by atoms with E-state index in [2.05, 4.69) is 29.4 Å². The number of nitrogens with zero attached hydrogens (tertiary/aromatic N) is 2. The summed E-state index contributed by atoms with van der Waals surface area (Å²) in [5.74, 6) is 0. The third kappa shape index (κ3) is 2.89. The second-order valence-corrected chi connectivity index (χ2v) is 5.37. The zero-order valence-corrected chi connectivity index (χ0v) is 12.1. The molecule has 0 saturated carbocycles. The monoisotopic (exact) mass is 281 g/mol. The number of aryl methyl sites for hydroxylation is 1. The van der Waals surface area contributed by atoms with Crippen LogP contribution >= 0.6 is 0 Å². The molecule has 1 N–H and O–H groups in total. The lowest BCUT2D eigenvalue weighted by atomic mass is 9.99. The van der Waals surface area contributed by atoms with Crippen molar-refractivity contribution in [2.75, 3.05) is 11.9 Å². The average molecular weight is 281 g/mol. The van der Waals surface area contributed by atoms with Crippen LogP contribution in [0.2, 0.25) is 0 Å². The number of hydrogen-bond donors (Lipinski definition) is 1. The van der Waals surface area contributed by atoms with Crippen LogP contribution in [0.5, 0.6) is 0 Å². The highest BCUT2D eigenvalue weighted by Gasteiger charge is 2.30. The van der Waals surface area contributed by atoms with Crippen LogP contribution in [0.15, 0.2) is 48.8 Å². The Morgan fingerprint density at radius 1 is 1.24 bits per heavy atom. The van der Waals surface area contributed by atoms with Crippen molar-refractivity contribution in [2.45, 2.75) is 25.8 Å². The van der Waals surface area contributed by atoms with Crippen LogP contribution in [0.3, 0.4) is 0 Å². The highest BCUT2D eigenvalue weighted by atomic mass is 16.2. The average Bonchev–Trinajstić information content (AvgIpc) is 2.98. The summed E-state index contributed by atoms with van der Waals surface area (Å²) >= 11 is 0. The van der Waals surface area contributed by atoms with Crippen molar-refractivity contribution >= 4 is 11.7 Å². The number of nitrogens with one attached hydrogen (secondary N) is 1. The maximum atomic E-state index is 12.5. The minimum absolute atomic E-state index is 0.0352. The highest BCUT2D eigenvalue weighted by molar-refractivity contribution is 5.89. The van der Waals surface area contributed by atoms with Crippen molar-refractivity contribution in [3.63, 3.8) is 0 Å². The molecule has 1 aromatic heterocycles. The van der Waals surface area contributed by atoms with Gasteiger partial charge in [-0.05, 0) is 43.0 Å². The minimum Gasteiger partial charge on any atom is -0.317 e. The zero-order valence-electron chi connectivity index (χ0n) is 12.1. The lowest BCUT2D eigenvalue weighted by Crippen LogP contribution is -2.34. The summed E-state index contributed by atoms with van der Waals surface area (Å²) in [6.45, 7) is 2.91. The van der Waals surface area contributed by atoms with E-state index in [0.717, 1.165) is 25.1 Å². The molecule has 108 valence electrons. The summed E-state index contributed by atoms with van der Waals surface area (Å²) < 4.78 is 0. The first-order valence-corrected chi connectivity index (χ1v) is 7.29. The van der Waals surface area contributed by atoms with Crippen LogP contribution < -0.4 is 5.32 Å². The van der Waals surface area contributed by atoms with Crippen LogP contribution in [0.4, 0.5) is 10.5 Å². The number of amides is 2. The second kappa shape index (κ2) is 5.95. The number of likely N-dealkylation sites (tertiary alicyclic amines) is 1. The molecule has 21 heavy (non-hydrogen) atoms. The molecule has 2 aromatic rings. The Balaban J connectivity index is 1.78. The molecule has 2 amide bonds. The smallest absolute Gasteiger partial charge is 0.317 e. The van der Waals surface area contributed by atoms with Gasteiger partial charge in [-0.3, -0.25) is 4.98 Å². The second-order valence-electron chi connectivity index (χ2n) is 5.37. The van der Waals surface area contributed by atoms with E-state index in [9.17, 15) is 4.79 Å². The Labute approximate surface area is 124 Å². The molecule has 1 aromatic carbocycles. The largest absolute Gasteiger partial charge is 0.322 e. The summed E-state index contributed by atoms with van der Waals surface area (Å²) in [5, 5.41) is 2.95. The van der Waals surface area contributed by atoms with Gasteiger partial charge in [0, 0.05) is 24.6 Å². The number of urea groups is 1. The number of carbonyl (C=O) groups excluding carboxylic acids is 1. The summed E-state index contributed by atoms with van der Waals surface area (Å²) in [7, 11) is 0. The van der Waals surface area contributed by atoms with E-state index in [1.165, 1.54) is 11.1 Å². The summed E-state index contributed by atoms with van der Waals surface area (Å²) in [5.41, 5.74) is 3.27. The van der Waals surface area contributed by atoms with E-state index in [4.69, 9.17) is 0 Å². The van der Waals surface area contributed by atoms with Crippen molar-refractivity contribution in [1.29, 1.82) is 0 Å². The number of carbonyl (C=O) groups is 1. The fourth-order valence-electron chi connectivity index (χ4n) is 2.92. The molecule has 4 nitrogen and oxygen atoms in total. The SMILES string of the molecule is Cc1ccccc1C1CCCN1C(=O)Nc1ccncc1. The molecule has 4 heteroatoms. The molecule has 1 aliphatic heterocycles. The lowest BCUT2D eigenvalue weighted by Gasteiger charge is -2.26. The quantitative estimate of drug-likeness (QED) is 0.911. The lowest BCUT2D eigenvalue weighted by molar-refractivity contribution is 0.207. The van der Waals surface area contributed by atoms with Gasteiger partial charge in [-0.15, -0.1) is 0 Å². The number of benzene rings is 1. The van der Waals surface area contributed by atoms with Crippen LogP contribution in [-0.4, -0.2) is 22.5 Å². The summed E-state index contributed by atoms with van der Waals surface area (Å²) in [6.07, 6.45) is 5.42. The van der Waals surface area contributed by atoms with Gasteiger partial charge < -0.3 is 10.2 Å². The van der Waals surface area contributed by atoms with Gasteiger partial charge in [-0.1, -0.05) is 24.3 Å². The molecule has 3 rings (SSSR count). The zero-order chi connectivity index (χ0) is 14.7. The molecule has 0 aliphatic carbocycles. The van der Waals surface area contributed by atoms with E-state index in [0.29, 0.717) is 0 Å². The first-order valence-electron chi connectivity index (χ1n) is 7.29. The fraction of sp³-hybridized carbons (Fsp3) is 0.294. The Hall–Kier alpha value is -2.36. The molecule has 0 spiro atoms. The van der Waals surface area contributed by atoms with E-state index in [1.807, 2.05) is 17.0 Å². The topological polar surface area (TPSA) is 45.2 Å². The molecule has 1 fully saturated rings. The van der Waals surface area contributed by atoms with Crippen LogP contribution in [-0.2, 0) is 0 Å². The Bertz CT molecular complexity index is 627. The van der Waals surface area contributed by atoms with Gasteiger partial charge in [0.2, 0.25) is 0 Å². The van der Waals surface area contributed by atoms with Gasteiger partial charge in [0.25, 0.3) is 0 Å². The van der Waals surface area contributed by atoms with Gasteiger partial charge in [0.1, 0.15) is 0 Å². The van der Waals surface area contributed by atoms with Crippen molar-refractivity contribution in [3.8, 4) is 0 Å². The highest BCUT2D eigenvalue weighted by Crippen LogP contribution is 2.33. The normalized spacial score (nSPS) is 17.8. The van der Waals surface area contributed by atoms with Gasteiger partial charge in [-0.2, -0.15) is 0 Å². The number of rotatable bonds is 2. The predicted molar refractivity (Wildman–Crippen MR) is 83.1 cm³/mol. The van der Waals surface area contributed by atoms with E-state index in [-0.39, 0.29) is 12.1 Å². The molecule has 0 radical (unpaired) electrons. The Morgan fingerprint density at radius 2 is 2.00 bits per heavy atom. The van der Waals surface area contributed by atoms with Gasteiger partial charge in [-0.25, -0.2) is 4.79 Å². The minimum atomic E-state index is -0.0352. The fourth-order valence-corrected chi connectivity index (χ4v) is 2.92. The van der Waals surface area contributed by atoms with Crippen LogP contribution in [0, 0.1) is 6.92 Å². The summed E-state index contributed by atoms with van der Waals surface area (Å²) in [6, 6.07) is 12.0. The van der Waals surface area contributed by atoms with Gasteiger partial charge in [0.05, 0.1) is 6.04 Å². The van der Waals surface area contributed by atoms with Crippen LogP contribution in [0.25, 0.3) is 0 Å². The molecular weight excluding hydrogens is 262 g/mol. The number of aromatic nitrogens is 1. The molecule has 1 atom stereocenters. The van der Waals surface area contributed by atoms with E-state index in [1.54, 1.807) is 24.5 Å². The van der Waals surface area contributed by atoms with Crippen molar-refractivity contribution in [1.82, 2.24) is 9.88 Å². The van der Waals surface area contributed by atoms with Gasteiger partial charge >= 0.3 is 6.03 Å². The standard InChI is InChI=1S/C17H19N3O/c1-13-5-2-3-6-15(13)16-7-4-12-20(16)17(21)19-14-8-10-18-11-9-14/h2-3,5-6,8-11,16H,4,7,12H2,1H3,(H,18,19,21). The molecule has 0 bridgehead atoms. The molecule has 1 unspecified atom stereocenters. The third-order valence-corrected chi connectivity index (χ3v) is 3.99. The first kappa shape index (κ1) is 13.6. The Kier molecular flexibility index (Phi) is 3.86. The molecular formula is C17H19N3O. The van der Waals surface area contributed by atoms with Crippen molar-refractivity contribution in [3.05, 3.63) is 59.9 Å². The molecule has 1 aliphatic rings. The van der Waals surface area contributed by atoms with Crippen molar-refractivity contribution in [2.24, 2.45) is 0 Å². The maximum absolute atomic E-state index is 12.5. The van der Waals surface area contributed by atoms with E-state index >= 15 is 0 Å². The van der Waals surface area contributed by atoms with E-state index < -0.39 is 0 Å². The molecule has 2 heterocycles. The summed E-state index contributed by atoms with van der Waals surface area (Å²) in [4.78, 5) is 18.4. The maximum Gasteiger partial charge on any atom is 0.322 e. The molecule has 1 saturated heterocycles. The van der Waals surface area contributed by atoms with Crippen molar-refractivity contribution < 1.29 is 4.79 Å². The van der Waals surface area contributed by atoms with Crippen LogP contribution in [0.1, 0.15) is 30.0 Å². The number of anilines is 1. The number of pyridine rings is 1. The Morgan fingerprint density at radius 3 is 2.76 bits per heavy atom. The predicted octanol–water partition coefficient (Wildman–Crippen LogP) is 3.76. The first-order chi connectivity index (χ1) is 10.3. The number of hydrogen-bond acceptors (Lipinski definition) is 2. The van der Waals surface area contributed by atoms with Gasteiger partial charge in [0.15, 0.2) is 0 Å². The third-order valence-electron chi connectivity index (χ3n) is 3.99.